The quantitative estimate of drug-likeness (QED) is 0.829. The maximum Gasteiger partial charge on any atom is 0.453 e. The fraction of sp³-hybridized carbons (Fsp3) is 0.571. The van der Waals surface area contributed by atoms with E-state index in [2.05, 4.69) is 15.3 Å². The second-order valence-corrected chi connectivity index (χ2v) is 5.56. The lowest BCUT2D eigenvalue weighted by Gasteiger charge is -2.22. The summed E-state index contributed by atoms with van der Waals surface area (Å²) in [5, 5.41) is 10.7. The van der Waals surface area contributed by atoms with E-state index in [1.54, 1.807) is 11.0 Å². The van der Waals surface area contributed by atoms with Crippen molar-refractivity contribution in [3.63, 3.8) is 0 Å². The SMILES string of the molecule is CCC(=O)N1CCCN(c2ccc3nnc(C(F)(F)F)n3n2)CC1. The fourth-order valence-corrected chi connectivity index (χ4v) is 2.74. The van der Waals surface area contributed by atoms with Crippen LogP contribution in [0.5, 0.6) is 0 Å². The molecule has 0 spiro atoms. The molecule has 130 valence electrons. The Morgan fingerprint density at radius 3 is 2.67 bits per heavy atom. The number of carbonyl (C=O) groups is 1. The summed E-state index contributed by atoms with van der Waals surface area (Å²) in [5.74, 6) is -0.644. The van der Waals surface area contributed by atoms with Gasteiger partial charge in [-0.05, 0) is 18.6 Å². The lowest BCUT2D eigenvalue weighted by atomic mass is 10.3. The average Bonchev–Trinajstić information content (AvgIpc) is 2.83. The third-order valence-corrected chi connectivity index (χ3v) is 3.98. The highest BCUT2D eigenvalue weighted by molar-refractivity contribution is 5.75. The van der Waals surface area contributed by atoms with E-state index in [1.165, 1.54) is 6.07 Å². The van der Waals surface area contributed by atoms with Crippen molar-refractivity contribution in [3.8, 4) is 0 Å². The lowest BCUT2D eigenvalue weighted by molar-refractivity contribution is -0.146. The molecule has 10 heteroatoms. The molecule has 0 atom stereocenters. The molecule has 0 aliphatic carbocycles. The number of fused-ring (bicyclic) bond motifs is 1. The van der Waals surface area contributed by atoms with Gasteiger partial charge in [-0.2, -0.15) is 17.7 Å². The summed E-state index contributed by atoms with van der Waals surface area (Å²) in [7, 11) is 0. The Balaban J connectivity index is 1.85. The van der Waals surface area contributed by atoms with E-state index in [9.17, 15) is 18.0 Å². The van der Waals surface area contributed by atoms with Crippen LogP contribution >= 0.6 is 0 Å². The van der Waals surface area contributed by atoms with Crippen molar-refractivity contribution >= 4 is 17.4 Å². The highest BCUT2D eigenvalue weighted by Crippen LogP contribution is 2.28. The number of carbonyl (C=O) groups excluding carboxylic acids is 1. The molecule has 0 unspecified atom stereocenters. The van der Waals surface area contributed by atoms with E-state index in [0.29, 0.717) is 38.4 Å². The van der Waals surface area contributed by atoms with Gasteiger partial charge < -0.3 is 9.80 Å². The topological polar surface area (TPSA) is 66.6 Å². The van der Waals surface area contributed by atoms with E-state index in [-0.39, 0.29) is 11.6 Å². The van der Waals surface area contributed by atoms with Crippen LogP contribution in [0, 0.1) is 0 Å². The summed E-state index contributed by atoms with van der Waals surface area (Å²) < 4.78 is 39.6. The first kappa shape index (κ1) is 16.5. The van der Waals surface area contributed by atoms with Gasteiger partial charge in [0.15, 0.2) is 5.65 Å². The molecule has 0 saturated carbocycles. The van der Waals surface area contributed by atoms with Crippen LogP contribution in [0.2, 0.25) is 0 Å². The van der Waals surface area contributed by atoms with Crippen molar-refractivity contribution in [1.82, 2.24) is 24.7 Å². The van der Waals surface area contributed by atoms with Crippen LogP contribution in [0.25, 0.3) is 5.65 Å². The Labute approximate surface area is 136 Å². The molecule has 2 aromatic heterocycles. The Bertz CT molecular complexity index is 744. The summed E-state index contributed by atoms with van der Waals surface area (Å²) in [6.45, 7) is 4.13. The van der Waals surface area contributed by atoms with Crippen molar-refractivity contribution in [2.24, 2.45) is 0 Å². The summed E-state index contributed by atoms with van der Waals surface area (Å²) in [6.07, 6.45) is -3.44. The Morgan fingerprint density at radius 2 is 1.96 bits per heavy atom. The van der Waals surface area contributed by atoms with E-state index < -0.39 is 12.0 Å². The van der Waals surface area contributed by atoms with E-state index in [4.69, 9.17) is 0 Å². The summed E-state index contributed by atoms with van der Waals surface area (Å²) in [4.78, 5) is 15.5. The van der Waals surface area contributed by atoms with Gasteiger partial charge >= 0.3 is 6.18 Å². The molecule has 7 nitrogen and oxygen atoms in total. The average molecular weight is 342 g/mol. The first-order valence-corrected chi connectivity index (χ1v) is 7.72. The van der Waals surface area contributed by atoms with Gasteiger partial charge in [0.05, 0.1) is 0 Å². The number of rotatable bonds is 2. The van der Waals surface area contributed by atoms with Crippen molar-refractivity contribution < 1.29 is 18.0 Å². The fourth-order valence-electron chi connectivity index (χ4n) is 2.74. The maximum absolute atomic E-state index is 12.9. The highest BCUT2D eigenvalue weighted by atomic mass is 19.4. The van der Waals surface area contributed by atoms with Gasteiger partial charge in [0, 0.05) is 32.6 Å². The summed E-state index contributed by atoms with van der Waals surface area (Å²) in [6, 6.07) is 3.09. The zero-order valence-electron chi connectivity index (χ0n) is 13.1. The Morgan fingerprint density at radius 1 is 1.17 bits per heavy atom. The smallest absolute Gasteiger partial charge is 0.353 e. The largest absolute Gasteiger partial charge is 0.453 e. The second kappa shape index (κ2) is 6.25. The minimum Gasteiger partial charge on any atom is -0.353 e. The minimum absolute atomic E-state index is 0.0451. The summed E-state index contributed by atoms with van der Waals surface area (Å²) in [5.41, 5.74) is 0.0451. The number of amides is 1. The molecule has 1 aliphatic rings. The molecule has 1 amide bonds. The lowest BCUT2D eigenvalue weighted by Crippen LogP contribution is -2.35. The zero-order chi connectivity index (χ0) is 17.3. The number of nitrogens with zero attached hydrogens (tertiary/aromatic N) is 6. The number of aromatic nitrogens is 4. The number of anilines is 1. The van der Waals surface area contributed by atoms with Crippen LogP contribution in [0.15, 0.2) is 12.1 Å². The third kappa shape index (κ3) is 3.13. The molecule has 24 heavy (non-hydrogen) atoms. The van der Waals surface area contributed by atoms with Gasteiger partial charge in [-0.1, -0.05) is 6.92 Å². The van der Waals surface area contributed by atoms with Gasteiger partial charge in [-0.3, -0.25) is 4.79 Å². The number of hydrogen-bond acceptors (Lipinski definition) is 5. The van der Waals surface area contributed by atoms with E-state index in [1.807, 2.05) is 11.8 Å². The van der Waals surface area contributed by atoms with Crippen LogP contribution in [-0.2, 0) is 11.0 Å². The maximum atomic E-state index is 12.9. The van der Waals surface area contributed by atoms with E-state index in [0.717, 1.165) is 10.9 Å². The first-order chi connectivity index (χ1) is 11.4. The zero-order valence-corrected chi connectivity index (χ0v) is 13.1. The minimum atomic E-state index is -4.62. The normalized spacial score (nSPS) is 16.5. The molecule has 0 aromatic carbocycles. The molecule has 1 aliphatic heterocycles. The van der Waals surface area contributed by atoms with Crippen LogP contribution < -0.4 is 4.90 Å². The number of hydrogen-bond donors (Lipinski definition) is 0. The molecular formula is C14H17F3N6O. The molecule has 3 rings (SSSR count). The Kier molecular flexibility index (Phi) is 4.29. The van der Waals surface area contributed by atoms with Crippen LogP contribution in [0.3, 0.4) is 0 Å². The first-order valence-electron chi connectivity index (χ1n) is 7.72. The highest BCUT2D eigenvalue weighted by Gasteiger charge is 2.37. The summed E-state index contributed by atoms with van der Waals surface area (Å²) >= 11 is 0. The van der Waals surface area contributed by atoms with Gasteiger partial charge in [-0.25, -0.2) is 0 Å². The third-order valence-electron chi connectivity index (χ3n) is 3.98. The van der Waals surface area contributed by atoms with Crippen LogP contribution in [0.4, 0.5) is 19.0 Å². The van der Waals surface area contributed by atoms with Crippen LogP contribution in [0.1, 0.15) is 25.6 Å². The van der Waals surface area contributed by atoms with E-state index >= 15 is 0 Å². The molecule has 0 N–H and O–H groups in total. The van der Waals surface area contributed by atoms with Crippen molar-refractivity contribution in [3.05, 3.63) is 18.0 Å². The second-order valence-electron chi connectivity index (χ2n) is 5.56. The molecule has 2 aromatic rings. The number of halogens is 3. The van der Waals surface area contributed by atoms with Crippen LogP contribution in [-0.4, -0.2) is 56.8 Å². The Hall–Kier alpha value is -2.39. The molecule has 1 saturated heterocycles. The van der Waals surface area contributed by atoms with Crippen molar-refractivity contribution in [2.75, 3.05) is 31.1 Å². The monoisotopic (exact) mass is 342 g/mol. The standard InChI is InChI=1S/C14H17F3N6O/c1-2-12(24)22-7-3-6-21(8-9-22)11-5-4-10-18-19-13(14(15,16)17)23(10)20-11/h4-5H,2-3,6-9H2,1H3. The number of alkyl halides is 3. The molecular weight excluding hydrogens is 325 g/mol. The van der Waals surface area contributed by atoms with Crippen molar-refractivity contribution in [2.45, 2.75) is 25.9 Å². The van der Waals surface area contributed by atoms with Gasteiger partial charge in [0.25, 0.3) is 5.82 Å². The molecule has 1 fully saturated rings. The van der Waals surface area contributed by atoms with Crippen molar-refractivity contribution in [1.29, 1.82) is 0 Å². The van der Waals surface area contributed by atoms with Gasteiger partial charge in [0.1, 0.15) is 5.82 Å². The predicted molar refractivity (Wildman–Crippen MR) is 79.5 cm³/mol. The predicted octanol–water partition coefficient (Wildman–Crippen LogP) is 1.59. The molecule has 3 heterocycles. The molecule has 0 radical (unpaired) electrons. The molecule has 0 bridgehead atoms. The van der Waals surface area contributed by atoms with Gasteiger partial charge in [-0.15, -0.1) is 15.3 Å². The van der Waals surface area contributed by atoms with Gasteiger partial charge in [0.2, 0.25) is 5.91 Å².